The topological polar surface area (TPSA) is 111 Å². The second-order valence-electron chi connectivity index (χ2n) is 6.35. The summed E-state index contributed by atoms with van der Waals surface area (Å²) in [6.07, 6.45) is 1.52. The van der Waals surface area contributed by atoms with Gasteiger partial charge in [0.15, 0.2) is 11.5 Å². The van der Waals surface area contributed by atoms with Crippen molar-refractivity contribution in [1.29, 1.82) is 0 Å². The Morgan fingerprint density at radius 3 is 2.76 bits per heavy atom. The number of hydrogen-bond donors (Lipinski definition) is 2. The van der Waals surface area contributed by atoms with E-state index in [1.54, 1.807) is 12.1 Å². The maximum atomic E-state index is 12.9. The SMILES string of the molecule is COc1ccc2cnn(CC(=O)NCc3nc4ccccc4[nH]3)c(=O)c2c1OC. The van der Waals surface area contributed by atoms with Crippen LogP contribution in [0.1, 0.15) is 5.82 Å². The predicted molar refractivity (Wildman–Crippen MR) is 107 cm³/mol. The monoisotopic (exact) mass is 393 g/mol. The third-order valence-electron chi connectivity index (χ3n) is 4.55. The number of ether oxygens (including phenoxy) is 2. The molecule has 9 nitrogen and oxygen atoms in total. The number of para-hydroxylation sites is 2. The molecule has 0 fully saturated rings. The maximum Gasteiger partial charge on any atom is 0.279 e. The van der Waals surface area contributed by atoms with Gasteiger partial charge in [0.25, 0.3) is 5.56 Å². The van der Waals surface area contributed by atoms with E-state index in [1.165, 1.54) is 20.4 Å². The first-order valence-electron chi connectivity index (χ1n) is 8.92. The van der Waals surface area contributed by atoms with Crippen LogP contribution < -0.4 is 20.3 Å². The lowest BCUT2D eigenvalue weighted by Gasteiger charge is -2.11. The number of aromatic amines is 1. The van der Waals surface area contributed by atoms with Crippen LogP contribution in [-0.4, -0.2) is 39.9 Å². The minimum Gasteiger partial charge on any atom is -0.493 e. The number of carbonyl (C=O) groups excluding carboxylic acids is 1. The Morgan fingerprint density at radius 1 is 1.17 bits per heavy atom. The zero-order valence-corrected chi connectivity index (χ0v) is 15.9. The lowest BCUT2D eigenvalue weighted by Crippen LogP contribution is -2.33. The highest BCUT2D eigenvalue weighted by molar-refractivity contribution is 5.89. The molecule has 0 atom stereocenters. The van der Waals surface area contributed by atoms with Crippen LogP contribution in [0.5, 0.6) is 11.5 Å². The average molecular weight is 393 g/mol. The average Bonchev–Trinajstić information content (AvgIpc) is 3.16. The summed E-state index contributed by atoms with van der Waals surface area (Å²) in [6, 6.07) is 11.0. The molecule has 0 spiro atoms. The van der Waals surface area contributed by atoms with E-state index in [0.717, 1.165) is 15.7 Å². The molecule has 148 valence electrons. The van der Waals surface area contributed by atoms with Crippen molar-refractivity contribution in [3.63, 3.8) is 0 Å². The van der Waals surface area contributed by atoms with E-state index in [4.69, 9.17) is 9.47 Å². The summed E-state index contributed by atoms with van der Waals surface area (Å²) < 4.78 is 11.7. The number of fused-ring (bicyclic) bond motifs is 2. The van der Waals surface area contributed by atoms with Gasteiger partial charge < -0.3 is 19.8 Å². The van der Waals surface area contributed by atoms with Gasteiger partial charge in [-0.05, 0) is 24.3 Å². The fourth-order valence-corrected chi connectivity index (χ4v) is 3.16. The van der Waals surface area contributed by atoms with Crippen LogP contribution >= 0.6 is 0 Å². The summed E-state index contributed by atoms with van der Waals surface area (Å²) in [5.74, 6) is 1.02. The number of H-pyrrole nitrogens is 1. The highest BCUT2D eigenvalue weighted by Crippen LogP contribution is 2.32. The minimum atomic E-state index is -0.433. The number of nitrogens with zero attached hydrogens (tertiary/aromatic N) is 3. The summed E-state index contributed by atoms with van der Waals surface area (Å²) in [7, 11) is 2.95. The largest absolute Gasteiger partial charge is 0.493 e. The highest BCUT2D eigenvalue weighted by atomic mass is 16.5. The van der Waals surface area contributed by atoms with Crippen LogP contribution in [0, 0.1) is 0 Å². The van der Waals surface area contributed by atoms with Crippen molar-refractivity contribution in [3.05, 3.63) is 58.8 Å². The van der Waals surface area contributed by atoms with Crippen molar-refractivity contribution < 1.29 is 14.3 Å². The van der Waals surface area contributed by atoms with Crippen molar-refractivity contribution in [2.24, 2.45) is 0 Å². The highest BCUT2D eigenvalue weighted by Gasteiger charge is 2.16. The van der Waals surface area contributed by atoms with Crippen molar-refractivity contribution in [1.82, 2.24) is 25.1 Å². The Morgan fingerprint density at radius 2 is 2.00 bits per heavy atom. The van der Waals surface area contributed by atoms with Crippen LogP contribution in [0.3, 0.4) is 0 Å². The van der Waals surface area contributed by atoms with E-state index in [2.05, 4.69) is 20.4 Å². The van der Waals surface area contributed by atoms with E-state index >= 15 is 0 Å². The van der Waals surface area contributed by atoms with E-state index in [0.29, 0.717) is 28.1 Å². The molecule has 29 heavy (non-hydrogen) atoms. The Bertz CT molecular complexity index is 1230. The van der Waals surface area contributed by atoms with Crippen molar-refractivity contribution >= 4 is 27.7 Å². The number of methoxy groups -OCH3 is 2. The Kier molecular flexibility index (Phi) is 4.86. The van der Waals surface area contributed by atoms with E-state index in [9.17, 15) is 9.59 Å². The Hall–Kier alpha value is -3.88. The molecule has 2 aromatic carbocycles. The Labute approximate surface area is 165 Å². The molecule has 0 bridgehead atoms. The zero-order chi connectivity index (χ0) is 20.4. The Balaban J connectivity index is 1.54. The molecule has 0 aliphatic carbocycles. The van der Waals surface area contributed by atoms with Crippen LogP contribution in [0.2, 0.25) is 0 Å². The molecule has 0 aliphatic heterocycles. The number of hydrogen-bond acceptors (Lipinski definition) is 6. The second-order valence-corrected chi connectivity index (χ2v) is 6.35. The molecule has 0 radical (unpaired) electrons. The van der Waals surface area contributed by atoms with Gasteiger partial charge in [-0.15, -0.1) is 0 Å². The van der Waals surface area contributed by atoms with Gasteiger partial charge in [-0.2, -0.15) is 5.10 Å². The van der Waals surface area contributed by atoms with Gasteiger partial charge >= 0.3 is 0 Å². The molecule has 9 heteroatoms. The van der Waals surface area contributed by atoms with E-state index in [1.807, 2.05) is 24.3 Å². The maximum absolute atomic E-state index is 12.9. The number of amides is 1. The summed E-state index contributed by atoms with van der Waals surface area (Å²) in [4.78, 5) is 32.8. The molecule has 2 aromatic heterocycles. The van der Waals surface area contributed by atoms with Gasteiger partial charge in [0.1, 0.15) is 12.4 Å². The van der Waals surface area contributed by atoms with Gasteiger partial charge in [-0.1, -0.05) is 12.1 Å². The second kappa shape index (κ2) is 7.63. The number of aromatic nitrogens is 4. The van der Waals surface area contributed by atoms with Crippen molar-refractivity contribution in [2.75, 3.05) is 14.2 Å². The van der Waals surface area contributed by atoms with Gasteiger partial charge in [-0.3, -0.25) is 9.59 Å². The predicted octanol–water partition coefficient (Wildman–Crippen LogP) is 1.61. The molecule has 0 saturated carbocycles. The standard InChI is InChI=1S/C20H19N5O4/c1-28-15-8-7-12-9-22-25(20(27)18(12)19(15)29-2)11-17(26)21-10-16-23-13-5-3-4-6-14(13)24-16/h3-9H,10-11H2,1-2H3,(H,21,26)(H,23,24). The van der Waals surface area contributed by atoms with Crippen LogP contribution in [-0.2, 0) is 17.9 Å². The van der Waals surface area contributed by atoms with Crippen molar-refractivity contribution in [2.45, 2.75) is 13.1 Å². The van der Waals surface area contributed by atoms with Gasteiger partial charge in [0.2, 0.25) is 5.91 Å². The molecule has 4 rings (SSSR count). The molecular weight excluding hydrogens is 374 g/mol. The lowest BCUT2D eigenvalue weighted by molar-refractivity contribution is -0.122. The first-order chi connectivity index (χ1) is 14.1. The first kappa shape index (κ1) is 18.5. The summed E-state index contributed by atoms with van der Waals surface area (Å²) in [6.45, 7) is -0.0116. The normalized spacial score (nSPS) is 11.0. The summed E-state index contributed by atoms with van der Waals surface area (Å²) in [5.41, 5.74) is 1.28. The third-order valence-corrected chi connectivity index (χ3v) is 4.55. The van der Waals surface area contributed by atoms with Crippen LogP contribution in [0.4, 0.5) is 0 Å². The number of imidazole rings is 1. The van der Waals surface area contributed by atoms with Gasteiger partial charge in [0, 0.05) is 5.39 Å². The quantitative estimate of drug-likeness (QED) is 0.515. The lowest BCUT2D eigenvalue weighted by atomic mass is 10.1. The fourth-order valence-electron chi connectivity index (χ4n) is 3.16. The smallest absolute Gasteiger partial charge is 0.279 e. The number of rotatable bonds is 6. The number of benzene rings is 2. The molecule has 2 heterocycles. The van der Waals surface area contributed by atoms with E-state index < -0.39 is 5.56 Å². The summed E-state index contributed by atoms with van der Waals surface area (Å²) in [5, 5.41) is 7.75. The van der Waals surface area contributed by atoms with Crippen molar-refractivity contribution in [3.8, 4) is 11.5 Å². The number of nitrogens with one attached hydrogen (secondary N) is 2. The third kappa shape index (κ3) is 3.49. The molecule has 0 saturated heterocycles. The number of carbonyl (C=O) groups is 1. The van der Waals surface area contributed by atoms with E-state index in [-0.39, 0.29) is 19.0 Å². The molecule has 0 unspecified atom stereocenters. The molecule has 4 aromatic rings. The zero-order valence-electron chi connectivity index (χ0n) is 15.9. The van der Waals surface area contributed by atoms with Gasteiger partial charge in [0.05, 0.1) is 43.4 Å². The first-order valence-corrected chi connectivity index (χ1v) is 8.92. The fraction of sp³-hybridized carbons (Fsp3) is 0.200. The molecular formula is C20H19N5O4. The van der Waals surface area contributed by atoms with Gasteiger partial charge in [-0.25, -0.2) is 9.67 Å². The van der Waals surface area contributed by atoms with Crippen LogP contribution in [0.15, 0.2) is 47.4 Å². The molecule has 0 aliphatic rings. The van der Waals surface area contributed by atoms with Crippen LogP contribution in [0.25, 0.3) is 21.8 Å². The molecule has 2 N–H and O–H groups in total. The minimum absolute atomic E-state index is 0.215. The molecule has 1 amide bonds. The summed E-state index contributed by atoms with van der Waals surface area (Å²) >= 11 is 0.